The zero-order valence-corrected chi connectivity index (χ0v) is 25.0. The lowest BCUT2D eigenvalue weighted by Crippen LogP contribution is -2.41. The van der Waals surface area contributed by atoms with Gasteiger partial charge in [0.2, 0.25) is 5.88 Å². The minimum atomic E-state index is -4.25. The van der Waals surface area contributed by atoms with Gasteiger partial charge in [-0.05, 0) is 77.3 Å². The molecular formula is C28H34F3N7O4S. The molecule has 2 aliphatic heterocycles. The van der Waals surface area contributed by atoms with Crippen molar-refractivity contribution < 1.29 is 31.1 Å². The average molecular weight is 622 g/mol. The Balaban J connectivity index is 1.30. The van der Waals surface area contributed by atoms with Crippen molar-refractivity contribution in [3.05, 3.63) is 41.7 Å². The van der Waals surface area contributed by atoms with Crippen LogP contribution < -0.4 is 14.4 Å². The molecule has 3 aliphatic rings. The van der Waals surface area contributed by atoms with E-state index in [2.05, 4.69) is 28.8 Å². The van der Waals surface area contributed by atoms with E-state index in [-0.39, 0.29) is 47.9 Å². The number of amides is 1. The molecule has 11 nitrogen and oxygen atoms in total. The molecule has 1 N–H and O–H groups in total. The van der Waals surface area contributed by atoms with Crippen molar-refractivity contribution in [2.24, 2.45) is 11.3 Å². The normalized spacial score (nSPS) is 22.4. The zero-order valence-electron chi connectivity index (χ0n) is 24.2. The predicted molar refractivity (Wildman–Crippen MR) is 150 cm³/mol. The van der Waals surface area contributed by atoms with Crippen molar-refractivity contribution in [1.82, 2.24) is 29.3 Å². The van der Waals surface area contributed by atoms with E-state index >= 15 is 0 Å². The van der Waals surface area contributed by atoms with E-state index in [1.165, 1.54) is 28.9 Å². The highest BCUT2D eigenvalue weighted by atomic mass is 32.2. The Morgan fingerprint density at radius 3 is 2.65 bits per heavy atom. The molecule has 1 amide bonds. The zero-order chi connectivity index (χ0) is 30.8. The molecule has 1 aliphatic carbocycles. The molecule has 0 unspecified atom stereocenters. The smallest absolute Gasteiger partial charge is 0.394 e. The number of hydrogen-bond donors (Lipinski definition) is 1. The highest BCUT2D eigenvalue weighted by Crippen LogP contribution is 2.59. The van der Waals surface area contributed by atoms with E-state index in [0.717, 1.165) is 19.3 Å². The molecule has 2 fully saturated rings. The maximum Gasteiger partial charge on any atom is 0.394 e. The van der Waals surface area contributed by atoms with E-state index < -0.39 is 27.5 Å². The second-order valence-corrected chi connectivity index (χ2v) is 14.1. The Morgan fingerprint density at radius 2 is 1.93 bits per heavy atom. The van der Waals surface area contributed by atoms with Crippen molar-refractivity contribution in [1.29, 1.82) is 0 Å². The van der Waals surface area contributed by atoms with Crippen molar-refractivity contribution in [2.45, 2.75) is 82.6 Å². The van der Waals surface area contributed by atoms with Gasteiger partial charge in [0.15, 0.2) is 10.8 Å². The van der Waals surface area contributed by atoms with Gasteiger partial charge < -0.3 is 9.64 Å². The maximum atomic E-state index is 13.5. The fourth-order valence-corrected chi connectivity index (χ4v) is 7.18. The van der Waals surface area contributed by atoms with Gasteiger partial charge in [-0.1, -0.05) is 0 Å². The fourth-order valence-electron chi connectivity index (χ4n) is 6.19. The number of anilines is 1. The van der Waals surface area contributed by atoms with Crippen molar-refractivity contribution in [3.63, 3.8) is 0 Å². The number of pyridine rings is 1. The summed E-state index contributed by atoms with van der Waals surface area (Å²) in [6.07, 6.45) is -0.0441. The Bertz CT molecular complexity index is 1660. The topological polar surface area (TPSA) is 124 Å². The third-order valence-electron chi connectivity index (χ3n) is 8.85. The van der Waals surface area contributed by atoms with Gasteiger partial charge in [-0.25, -0.2) is 14.4 Å². The van der Waals surface area contributed by atoms with Crippen LogP contribution in [0.3, 0.4) is 0 Å². The van der Waals surface area contributed by atoms with Gasteiger partial charge in [-0.15, -0.1) is 5.10 Å². The van der Waals surface area contributed by atoms with Crippen molar-refractivity contribution in [3.8, 4) is 11.7 Å². The van der Waals surface area contributed by atoms with E-state index in [4.69, 9.17) is 9.72 Å². The molecule has 1 atom stereocenters. The van der Waals surface area contributed by atoms with E-state index in [1.54, 1.807) is 17.8 Å². The number of carbonyl (C=O) groups excluding carboxylic acids is 1. The van der Waals surface area contributed by atoms with Crippen molar-refractivity contribution >= 4 is 21.7 Å². The van der Waals surface area contributed by atoms with Crippen LogP contribution in [0, 0.1) is 18.3 Å². The third kappa shape index (κ3) is 5.58. The highest BCUT2D eigenvalue weighted by molar-refractivity contribution is 7.90. The number of carbonyl (C=O) groups is 1. The number of nitrogens with zero attached hydrogens (tertiary/aromatic N) is 6. The molecule has 3 aromatic heterocycles. The first-order valence-electron chi connectivity index (χ1n) is 14.3. The minimum Gasteiger partial charge on any atom is -0.477 e. The molecule has 6 rings (SSSR count). The summed E-state index contributed by atoms with van der Waals surface area (Å²) in [5.41, 5.74) is -1.26. The molecule has 0 aromatic carbocycles. The Labute approximate surface area is 247 Å². The molecule has 1 saturated heterocycles. The maximum absolute atomic E-state index is 13.5. The summed E-state index contributed by atoms with van der Waals surface area (Å²) >= 11 is 0. The van der Waals surface area contributed by atoms with Crippen LogP contribution in [0.15, 0.2) is 35.5 Å². The molecule has 3 aromatic rings. The van der Waals surface area contributed by atoms with Gasteiger partial charge in [0.05, 0.1) is 17.6 Å². The quantitative estimate of drug-likeness (QED) is 0.445. The number of alkyl halides is 3. The molecule has 15 heteroatoms. The molecule has 43 heavy (non-hydrogen) atoms. The lowest BCUT2D eigenvalue weighted by atomic mass is 9.93. The summed E-state index contributed by atoms with van der Waals surface area (Å²) < 4.78 is 76.8. The number of hydrogen-bond acceptors (Lipinski definition) is 8. The van der Waals surface area contributed by atoms with Crippen LogP contribution in [0.2, 0.25) is 0 Å². The first kappa shape index (κ1) is 29.5. The Kier molecular flexibility index (Phi) is 7.01. The van der Waals surface area contributed by atoms with Gasteiger partial charge >= 0.3 is 6.18 Å². The van der Waals surface area contributed by atoms with Crippen molar-refractivity contribution in [2.75, 3.05) is 18.1 Å². The van der Waals surface area contributed by atoms with E-state index in [0.29, 0.717) is 36.3 Å². The molecule has 232 valence electrons. The molecule has 0 spiro atoms. The van der Waals surface area contributed by atoms with Crippen LogP contribution in [-0.2, 0) is 16.6 Å². The van der Waals surface area contributed by atoms with Gasteiger partial charge in [-0.3, -0.25) is 9.48 Å². The predicted octanol–water partition coefficient (Wildman–Crippen LogP) is 4.40. The monoisotopic (exact) mass is 621 g/mol. The molecular weight excluding hydrogens is 587 g/mol. The summed E-state index contributed by atoms with van der Waals surface area (Å²) in [7, 11) is -4.25. The number of nitrogens with one attached hydrogen (secondary N) is 1. The van der Waals surface area contributed by atoms with Crippen LogP contribution in [0.1, 0.15) is 68.4 Å². The first-order valence-corrected chi connectivity index (χ1v) is 15.8. The summed E-state index contributed by atoms with van der Waals surface area (Å²) in [4.78, 5) is 20.3. The van der Waals surface area contributed by atoms with E-state index in [1.807, 2.05) is 4.90 Å². The number of fused-ring (bicyclic) bond motifs is 6. The number of rotatable bonds is 5. The first-order chi connectivity index (χ1) is 20.2. The second kappa shape index (κ2) is 10.2. The fraction of sp³-hybridized carbons (Fsp3) is 0.571. The minimum absolute atomic E-state index is 0.0831. The summed E-state index contributed by atoms with van der Waals surface area (Å²) in [6.45, 7) is 6.97. The molecule has 1 saturated carbocycles. The second-order valence-electron chi connectivity index (χ2n) is 12.4. The molecule has 5 heterocycles. The number of aryl methyl sites for hydroxylation is 2. The van der Waals surface area contributed by atoms with Gasteiger partial charge in [0.1, 0.15) is 5.82 Å². The third-order valence-corrected chi connectivity index (χ3v) is 10.1. The van der Waals surface area contributed by atoms with E-state index in [9.17, 15) is 26.4 Å². The molecule has 4 bridgehead atoms. The van der Waals surface area contributed by atoms with Gasteiger partial charge in [0, 0.05) is 42.7 Å². The Morgan fingerprint density at radius 1 is 1.16 bits per heavy atom. The van der Waals surface area contributed by atoms with Crippen LogP contribution >= 0.6 is 0 Å². The summed E-state index contributed by atoms with van der Waals surface area (Å²) in [5, 5.41) is 8.36. The van der Waals surface area contributed by atoms with Gasteiger partial charge in [0.25, 0.3) is 15.9 Å². The van der Waals surface area contributed by atoms with Crippen LogP contribution in [0.25, 0.3) is 5.82 Å². The molecule has 0 radical (unpaired) electrons. The Hall–Kier alpha value is -3.62. The number of aromatic nitrogens is 5. The van der Waals surface area contributed by atoms with Crippen LogP contribution in [0.4, 0.5) is 19.0 Å². The largest absolute Gasteiger partial charge is 0.477 e. The number of halogens is 3. The lowest BCUT2D eigenvalue weighted by Gasteiger charge is -2.34. The number of sulfonamides is 1. The average Bonchev–Trinajstić information content (AvgIpc) is 3.25. The van der Waals surface area contributed by atoms with Gasteiger partial charge in [-0.2, -0.15) is 26.7 Å². The SMILES string of the molecule is Cc1cc2nn1CCC[C@H]1CN(c3nc(-n4ccc(OCCC5(C(F)(F)F)CC5)n4)ccc3C(=O)NS2(=O)=O)C(C)(C)C1. The van der Waals surface area contributed by atoms with Crippen LogP contribution in [0.5, 0.6) is 5.88 Å². The number of ether oxygens (including phenoxy) is 1. The lowest BCUT2D eigenvalue weighted by molar-refractivity contribution is -0.190. The summed E-state index contributed by atoms with van der Waals surface area (Å²) in [5.74, 6) is 0.290. The van der Waals surface area contributed by atoms with Crippen LogP contribution in [-0.4, -0.2) is 63.7 Å². The summed E-state index contributed by atoms with van der Waals surface area (Å²) in [6, 6.07) is 6.02. The highest BCUT2D eigenvalue weighted by Gasteiger charge is 2.62. The standard InChI is InChI=1S/C28H34F3N7O4S/c1-18-15-23-34-37(18)12-4-5-19-16-26(2,3)36(17-19)24-20(25(39)35-43(23,40)41)6-7-21(32-24)38-13-8-22(33-38)42-14-11-27(9-10-27)28(29,30)31/h6-8,13,15,19H,4-5,9-12,14,16-17H2,1-3H3,(H,35,39)/t19-/m1/s1.